The lowest BCUT2D eigenvalue weighted by Gasteiger charge is -2.33. The fraction of sp³-hybridized carbons (Fsp3) is 0.917. The average molecular weight is 293 g/mol. The summed E-state index contributed by atoms with van der Waals surface area (Å²) >= 11 is 3.43. The molecule has 3 nitrogen and oxygen atoms in total. The summed E-state index contributed by atoms with van der Waals surface area (Å²) in [5, 5.41) is 1.08. The van der Waals surface area contributed by atoms with E-state index in [2.05, 4.69) is 15.9 Å². The molecule has 0 aromatic heterocycles. The first-order chi connectivity index (χ1) is 7.76. The Kier molecular flexibility index (Phi) is 7.25. The van der Waals surface area contributed by atoms with E-state index in [9.17, 15) is 4.79 Å². The van der Waals surface area contributed by atoms with Crippen molar-refractivity contribution in [3.8, 4) is 0 Å². The third kappa shape index (κ3) is 5.41. The highest BCUT2D eigenvalue weighted by molar-refractivity contribution is 9.09. The summed E-state index contributed by atoms with van der Waals surface area (Å²) in [7, 11) is 0. The van der Waals surface area contributed by atoms with E-state index < -0.39 is 0 Å². The molecule has 1 fully saturated rings. The van der Waals surface area contributed by atoms with Gasteiger partial charge in [-0.1, -0.05) is 28.8 Å². The van der Waals surface area contributed by atoms with Gasteiger partial charge in [-0.15, -0.1) is 0 Å². The molecule has 0 radical (unpaired) electrons. The first kappa shape index (κ1) is 14.1. The monoisotopic (exact) mass is 292 g/mol. The van der Waals surface area contributed by atoms with Crippen molar-refractivity contribution < 1.29 is 14.3 Å². The van der Waals surface area contributed by atoms with Crippen molar-refractivity contribution in [1.29, 1.82) is 0 Å². The van der Waals surface area contributed by atoms with E-state index in [1.165, 1.54) is 19.3 Å². The lowest BCUT2D eigenvalue weighted by atomic mass is 10.0. The standard InChI is InChI=1S/C12H21BrO3/c1-10-15-11(5-3-2-4-7-13)9-12(16-10)6-8-14/h8,10-12H,2-7,9H2,1H3/t10-,11-,12+/m0/s1. The van der Waals surface area contributed by atoms with E-state index in [-0.39, 0.29) is 18.5 Å². The molecule has 1 saturated heterocycles. The molecule has 1 heterocycles. The zero-order valence-electron chi connectivity index (χ0n) is 9.86. The molecule has 0 spiro atoms. The van der Waals surface area contributed by atoms with Crippen LogP contribution in [0.25, 0.3) is 0 Å². The van der Waals surface area contributed by atoms with Crippen LogP contribution in [-0.2, 0) is 14.3 Å². The largest absolute Gasteiger partial charge is 0.350 e. The van der Waals surface area contributed by atoms with Gasteiger partial charge in [0.15, 0.2) is 6.29 Å². The van der Waals surface area contributed by atoms with Gasteiger partial charge >= 0.3 is 0 Å². The molecular weight excluding hydrogens is 272 g/mol. The molecule has 0 unspecified atom stereocenters. The highest BCUT2D eigenvalue weighted by atomic mass is 79.9. The number of halogens is 1. The summed E-state index contributed by atoms with van der Waals surface area (Å²) in [5.41, 5.74) is 0. The topological polar surface area (TPSA) is 35.5 Å². The van der Waals surface area contributed by atoms with Gasteiger partial charge in [-0.2, -0.15) is 0 Å². The zero-order valence-corrected chi connectivity index (χ0v) is 11.4. The highest BCUT2D eigenvalue weighted by Gasteiger charge is 2.26. The summed E-state index contributed by atoms with van der Waals surface area (Å²) in [6.45, 7) is 1.91. The predicted octanol–water partition coefficient (Wildman–Crippen LogP) is 3.05. The van der Waals surface area contributed by atoms with Crippen LogP contribution in [-0.4, -0.2) is 30.1 Å². The summed E-state index contributed by atoms with van der Waals surface area (Å²) in [5.74, 6) is 0. The number of hydrogen-bond donors (Lipinski definition) is 0. The van der Waals surface area contributed by atoms with Crippen molar-refractivity contribution in [1.82, 2.24) is 0 Å². The van der Waals surface area contributed by atoms with Gasteiger partial charge in [-0.25, -0.2) is 0 Å². The molecule has 94 valence electrons. The molecule has 1 aliphatic rings. The van der Waals surface area contributed by atoms with Gasteiger partial charge in [0.1, 0.15) is 6.29 Å². The first-order valence-corrected chi connectivity index (χ1v) is 7.19. The van der Waals surface area contributed by atoms with Gasteiger partial charge in [-0.05, 0) is 19.8 Å². The number of alkyl halides is 1. The number of ether oxygens (including phenoxy) is 2. The van der Waals surface area contributed by atoms with Crippen LogP contribution in [0.5, 0.6) is 0 Å². The fourth-order valence-electron chi connectivity index (χ4n) is 2.07. The van der Waals surface area contributed by atoms with Crippen molar-refractivity contribution in [3.63, 3.8) is 0 Å². The Morgan fingerprint density at radius 2 is 2.00 bits per heavy atom. The Bertz CT molecular complexity index is 199. The van der Waals surface area contributed by atoms with E-state index >= 15 is 0 Å². The molecule has 1 aliphatic heterocycles. The third-order valence-corrected chi connectivity index (χ3v) is 3.37. The molecule has 1 rings (SSSR count). The van der Waals surface area contributed by atoms with Crippen LogP contribution < -0.4 is 0 Å². The Balaban J connectivity index is 2.21. The van der Waals surface area contributed by atoms with Crippen molar-refractivity contribution in [2.24, 2.45) is 0 Å². The highest BCUT2D eigenvalue weighted by Crippen LogP contribution is 2.23. The predicted molar refractivity (Wildman–Crippen MR) is 66.8 cm³/mol. The van der Waals surface area contributed by atoms with Crippen LogP contribution in [0.3, 0.4) is 0 Å². The second-order valence-corrected chi connectivity index (χ2v) is 5.05. The maximum Gasteiger partial charge on any atom is 0.155 e. The summed E-state index contributed by atoms with van der Waals surface area (Å²) in [6, 6.07) is 0. The van der Waals surface area contributed by atoms with Crippen molar-refractivity contribution in [3.05, 3.63) is 0 Å². The van der Waals surface area contributed by atoms with Crippen LogP contribution in [0.15, 0.2) is 0 Å². The molecule has 4 heteroatoms. The van der Waals surface area contributed by atoms with E-state index in [1.54, 1.807) is 0 Å². The Morgan fingerprint density at radius 3 is 2.69 bits per heavy atom. The molecule has 0 bridgehead atoms. The van der Waals surface area contributed by atoms with Crippen LogP contribution in [0.1, 0.15) is 45.4 Å². The quantitative estimate of drug-likeness (QED) is 0.411. The number of carbonyl (C=O) groups excluding carboxylic acids is 1. The minimum Gasteiger partial charge on any atom is -0.350 e. The first-order valence-electron chi connectivity index (χ1n) is 6.06. The fourth-order valence-corrected chi connectivity index (χ4v) is 2.46. The van der Waals surface area contributed by atoms with Gasteiger partial charge in [0, 0.05) is 18.2 Å². The molecular formula is C12H21BrO3. The number of unbranched alkanes of at least 4 members (excludes halogenated alkanes) is 2. The summed E-state index contributed by atoms with van der Waals surface area (Å²) in [4.78, 5) is 10.5. The molecule has 0 aliphatic carbocycles. The number of carbonyl (C=O) groups is 1. The lowest BCUT2D eigenvalue weighted by molar-refractivity contribution is -0.234. The zero-order chi connectivity index (χ0) is 11.8. The third-order valence-electron chi connectivity index (χ3n) is 2.81. The second-order valence-electron chi connectivity index (χ2n) is 4.26. The number of rotatable bonds is 7. The maximum atomic E-state index is 10.5. The van der Waals surface area contributed by atoms with E-state index in [0.29, 0.717) is 6.42 Å². The van der Waals surface area contributed by atoms with E-state index in [1.807, 2.05) is 6.92 Å². The second kappa shape index (κ2) is 8.20. The lowest BCUT2D eigenvalue weighted by Crippen LogP contribution is -2.36. The Hall–Kier alpha value is 0.0700. The summed E-state index contributed by atoms with van der Waals surface area (Å²) < 4.78 is 11.2. The molecule has 16 heavy (non-hydrogen) atoms. The summed E-state index contributed by atoms with van der Waals surface area (Å²) in [6.07, 6.45) is 7.17. The Morgan fingerprint density at radius 1 is 1.25 bits per heavy atom. The SMILES string of the molecule is C[C@@H]1O[C@H](CC=O)C[C@H](CCCCCBr)O1. The molecule has 0 N–H and O–H groups in total. The molecule has 3 atom stereocenters. The average Bonchev–Trinajstić information content (AvgIpc) is 2.24. The minimum absolute atomic E-state index is 0.0578. The van der Waals surface area contributed by atoms with E-state index in [0.717, 1.165) is 24.5 Å². The van der Waals surface area contributed by atoms with Gasteiger partial charge in [0.05, 0.1) is 12.2 Å². The van der Waals surface area contributed by atoms with Crippen LogP contribution in [0.2, 0.25) is 0 Å². The van der Waals surface area contributed by atoms with Crippen LogP contribution in [0, 0.1) is 0 Å². The molecule has 0 amide bonds. The maximum absolute atomic E-state index is 10.5. The molecule has 0 aromatic rings. The Labute approximate surface area is 106 Å². The minimum atomic E-state index is -0.167. The van der Waals surface area contributed by atoms with Crippen LogP contribution in [0.4, 0.5) is 0 Å². The smallest absolute Gasteiger partial charge is 0.155 e. The van der Waals surface area contributed by atoms with Crippen molar-refractivity contribution in [2.45, 2.75) is 63.9 Å². The van der Waals surface area contributed by atoms with Crippen molar-refractivity contribution in [2.75, 3.05) is 5.33 Å². The van der Waals surface area contributed by atoms with Gasteiger partial charge < -0.3 is 14.3 Å². The molecule has 0 saturated carbocycles. The van der Waals surface area contributed by atoms with Gasteiger partial charge in [0.25, 0.3) is 0 Å². The van der Waals surface area contributed by atoms with E-state index in [4.69, 9.17) is 9.47 Å². The van der Waals surface area contributed by atoms with Crippen molar-refractivity contribution >= 4 is 22.2 Å². The normalized spacial score (nSPS) is 30.2. The number of aldehydes is 1. The van der Waals surface area contributed by atoms with Crippen LogP contribution >= 0.6 is 15.9 Å². The van der Waals surface area contributed by atoms with Gasteiger partial charge in [-0.3, -0.25) is 0 Å². The molecule has 0 aromatic carbocycles. The van der Waals surface area contributed by atoms with Gasteiger partial charge in [0.2, 0.25) is 0 Å². The number of hydrogen-bond acceptors (Lipinski definition) is 3.